The molecule has 1 atom stereocenters. The van der Waals surface area contributed by atoms with Gasteiger partial charge in [-0.25, -0.2) is 4.98 Å². The number of rotatable bonds is 5. The third kappa shape index (κ3) is 3.67. The number of fused-ring (bicyclic) bond motifs is 1. The molecule has 5 heteroatoms. The molecule has 1 aliphatic heterocycles. The number of carbonyl (C=O) groups is 1. The highest BCUT2D eigenvalue weighted by Crippen LogP contribution is 2.19. The molecule has 0 N–H and O–H groups in total. The minimum atomic E-state index is 0.107. The maximum Gasteiger partial charge on any atom is 0.253 e. The average Bonchev–Trinajstić information content (AvgIpc) is 3.36. The zero-order chi connectivity index (χ0) is 19.7. The molecule has 1 aliphatic rings. The first-order chi connectivity index (χ1) is 13.5. The molecule has 5 nitrogen and oxygen atoms in total. The summed E-state index contributed by atoms with van der Waals surface area (Å²) in [7, 11) is 1.93. The summed E-state index contributed by atoms with van der Waals surface area (Å²) in [6, 6.07) is 17.0. The van der Waals surface area contributed by atoms with E-state index in [0.717, 1.165) is 48.2 Å². The number of imidazole rings is 1. The Balaban J connectivity index is 1.43. The fourth-order valence-electron chi connectivity index (χ4n) is 4.01. The van der Waals surface area contributed by atoms with Crippen molar-refractivity contribution in [3.05, 3.63) is 66.0 Å². The van der Waals surface area contributed by atoms with Gasteiger partial charge in [-0.15, -0.1) is 0 Å². The van der Waals surface area contributed by atoms with Crippen molar-refractivity contribution in [3.8, 4) is 0 Å². The van der Waals surface area contributed by atoms with Gasteiger partial charge in [-0.2, -0.15) is 0 Å². The third-order valence-corrected chi connectivity index (χ3v) is 5.87. The Morgan fingerprint density at radius 2 is 1.93 bits per heavy atom. The van der Waals surface area contributed by atoms with Crippen molar-refractivity contribution in [2.75, 3.05) is 20.1 Å². The lowest BCUT2D eigenvalue weighted by atomic mass is 10.1. The summed E-state index contributed by atoms with van der Waals surface area (Å²) in [5, 5.41) is 0. The first-order valence-electron chi connectivity index (χ1n) is 10.0. The minimum Gasteiger partial charge on any atom is -0.337 e. The van der Waals surface area contributed by atoms with Crippen LogP contribution in [0.5, 0.6) is 0 Å². The molecule has 1 aromatic heterocycles. The minimum absolute atomic E-state index is 0.107. The molecule has 4 rings (SSSR count). The average molecular weight is 377 g/mol. The van der Waals surface area contributed by atoms with Crippen LogP contribution in [0.4, 0.5) is 0 Å². The van der Waals surface area contributed by atoms with E-state index in [0.29, 0.717) is 12.1 Å². The Morgan fingerprint density at radius 3 is 2.64 bits per heavy atom. The Labute approximate surface area is 166 Å². The smallest absolute Gasteiger partial charge is 0.253 e. The molecule has 0 unspecified atom stereocenters. The zero-order valence-corrected chi connectivity index (χ0v) is 16.9. The molecule has 3 aromatic rings. The summed E-state index contributed by atoms with van der Waals surface area (Å²) in [5.74, 6) is 0.107. The summed E-state index contributed by atoms with van der Waals surface area (Å²) >= 11 is 0. The second-order valence-electron chi connectivity index (χ2n) is 8.01. The van der Waals surface area contributed by atoms with Crippen LogP contribution in [0.25, 0.3) is 11.0 Å². The van der Waals surface area contributed by atoms with Crippen LogP contribution in [0.1, 0.15) is 36.2 Å². The van der Waals surface area contributed by atoms with Crippen LogP contribution in [0.15, 0.2) is 54.9 Å². The molecule has 1 fully saturated rings. The van der Waals surface area contributed by atoms with Crippen molar-refractivity contribution in [2.45, 2.75) is 38.9 Å². The zero-order valence-electron chi connectivity index (χ0n) is 16.9. The molecule has 146 valence electrons. The molecule has 0 radical (unpaired) electrons. The Bertz CT molecular complexity index is 960. The SMILES string of the molecule is CC(C)N1CC[C@@H](N(C)C(=O)c2ccc(Cn3cnc4ccccc43)cc2)C1. The van der Waals surface area contributed by atoms with E-state index >= 15 is 0 Å². The lowest BCUT2D eigenvalue weighted by Crippen LogP contribution is -2.40. The molecule has 28 heavy (non-hydrogen) atoms. The molecular weight excluding hydrogens is 348 g/mol. The Morgan fingerprint density at radius 1 is 1.18 bits per heavy atom. The van der Waals surface area contributed by atoms with Crippen LogP contribution in [0.2, 0.25) is 0 Å². The van der Waals surface area contributed by atoms with Gasteiger partial charge >= 0.3 is 0 Å². The number of hydrogen-bond donors (Lipinski definition) is 0. The number of likely N-dealkylation sites (tertiary alicyclic amines) is 1. The summed E-state index contributed by atoms with van der Waals surface area (Å²) in [6.45, 7) is 7.21. The van der Waals surface area contributed by atoms with Gasteiger partial charge in [-0.05, 0) is 50.1 Å². The largest absolute Gasteiger partial charge is 0.337 e. The number of benzene rings is 2. The highest BCUT2D eigenvalue weighted by atomic mass is 16.2. The maximum atomic E-state index is 12.9. The first-order valence-corrected chi connectivity index (χ1v) is 10.0. The molecule has 1 amide bonds. The summed E-state index contributed by atoms with van der Waals surface area (Å²) in [6.07, 6.45) is 2.92. The number of nitrogens with zero attached hydrogens (tertiary/aromatic N) is 4. The van der Waals surface area contributed by atoms with Gasteiger partial charge in [0.25, 0.3) is 5.91 Å². The number of likely N-dealkylation sites (N-methyl/N-ethyl adjacent to an activating group) is 1. The van der Waals surface area contributed by atoms with Gasteiger partial charge in [0.1, 0.15) is 0 Å². The fourth-order valence-corrected chi connectivity index (χ4v) is 4.01. The summed E-state index contributed by atoms with van der Waals surface area (Å²) in [4.78, 5) is 21.7. The second kappa shape index (κ2) is 7.76. The molecule has 0 bridgehead atoms. The molecule has 0 aliphatic carbocycles. The monoisotopic (exact) mass is 376 g/mol. The van der Waals surface area contributed by atoms with Gasteiger partial charge in [0.05, 0.1) is 17.4 Å². The van der Waals surface area contributed by atoms with Crippen LogP contribution < -0.4 is 0 Å². The Hall–Kier alpha value is -2.66. The molecule has 1 saturated heterocycles. The van der Waals surface area contributed by atoms with Crippen molar-refractivity contribution in [1.82, 2.24) is 19.4 Å². The molecule has 0 spiro atoms. The number of carbonyl (C=O) groups excluding carboxylic acids is 1. The van der Waals surface area contributed by atoms with Gasteiger partial charge in [0, 0.05) is 44.3 Å². The van der Waals surface area contributed by atoms with Gasteiger partial charge in [-0.3, -0.25) is 9.69 Å². The summed E-state index contributed by atoms with van der Waals surface area (Å²) < 4.78 is 2.14. The third-order valence-electron chi connectivity index (χ3n) is 5.87. The number of amides is 1. The number of para-hydroxylation sites is 2. The van der Waals surface area contributed by atoms with Crippen LogP contribution in [-0.2, 0) is 6.54 Å². The van der Waals surface area contributed by atoms with E-state index in [4.69, 9.17) is 0 Å². The lowest BCUT2D eigenvalue weighted by Gasteiger charge is -2.26. The Kier molecular flexibility index (Phi) is 5.18. The molecule has 2 aromatic carbocycles. The standard InChI is InChI=1S/C23H28N4O/c1-17(2)26-13-12-20(15-26)25(3)23(28)19-10-8-18(9-11-19)14-27-16-24-21-6-4-5-7-22(21)27/h4-11,16-17,20H,12-15H2,1-3H3/t20-/m1/s1. The maximum absolute atomic E-state index is 12.9. The van der Waals surface area contributed by atoms with Crippen molar-refractivity contribution in [1.29, 1.82) is 0 Å². The number of hydrogen-bond acceptors (Lipinski definition) is 3. The van der Waals surface area contributed by atoms with Gasteiger partial charge in [-0.1, -0.05) is 24.3 Å². The van der Waals surface area contributed by atoms with Gasteiger partial charge in [0.2, 0.25) is 0 Å². The van der Waals surface area contributed by atoms with E-state index in [-0.39, 0.29) is 5.91 Å². The predicted octanol–water partition coefficient (Wildman–Crippen LogP) is 3.64. The normalized spacial score (nSPS) is 17.5. The molecular formula is C23H28N4O. The lowest BCUT2D eigenvalue weighted by molar-refractivity contribution is 0.0732. The fraction of sp³-hybridized carbons (Fsp3) is 0.391. The van der Waals surface area contributed by atoms with E-state index in [9.17, 15) is 4.79 Å². The quantitative estimate of drug-likeness (QED) is 0.683. The highest BCUT2D eigenvalue weighted by molar-refractivity contribution is 5.94. The topological polar surface area (TPSA) is 41.4 Å². The molecule has 2 heterocycles. The predicted molar refractivity (Wildman–Crippen MR) is 112 cm³/mol. The van der Waals surface area contributed by atoms with Crippen LogP contribution in [0, 0.1) is 0 Å². The van der Waals surface area contributed by atoms with Crippen LogP contribution >= 0.6 is 0 Å². The number of aromatic nitrogens is 2. The van der Waals surface area contributed by atoms with E-state index in [1.807, 2.05) is 60.7 Å². The van der Waals surface area contributed by atoms with Gasteiger partial charge in [0.15, 0.2) is 0 Å². The van der Waals surface area contributed by atoms with E-state index in [2.05, 4.69) is 34.4 Å². The van der Waals surface area contributed by atoms with Gasteiger partial charge < -0.3 is 9.47 Å². The van der Waals surface area contributed by atoms with E-state index in [1.54, 1.807) is 0 Å². The summed E-state index contributed by atoms with van der Waals surface area (Å²) in [5.41, 5.74) is 4.04. The highest BCUT2D eigenvalue weighted by Gasteiger charge is 2.29. The van der Waals surface area contributed by atoms with Crippen molar-refractivity contribution in [2.24, 2.45) is 0 Å². The molecule has 0 saturated carbocycles. The van der Waals surface area contributed by atoms with E-state index < -0.39 is 0 Å². The van der Waals surface area contributed by atoms with Crippen molar-refractivity contribution >= 4 is 16.9 Å². The van der Waals surface area contributed by atoms with Crippen molar-refractivity contribution in [3.63, 3.8) is 0 Å². The first kappa shape index (κ1) is 18.7. The van der Waals surface area contributed by atoms with Crippen LogP contribution in [0.3, 0.4) is 0 Å². The van der Waals surface area contributed by atoms with Crippen molar-refractivity contribution < 1.29 is 4.79 Å². The van der Waals surface area contributed by atoms with Crippen LogP contribution in [-0.4, -0.2) is 57.5 Å². The second-order valence-corrected chi connectivity index (χ2v) is 8.01. The van der Waals surface area contributed by atoms with E-state index in [1.165, 1.54) is 0 Å².